The smallest absolute Gasteiger partial charge is 0.251 e. The Balaban J connectivity index is 0.000000176. The molecule has 4 rings (SSSR count). The Morgan fingerprint density at radius 3 is 2.58 bits per heavy atom. The number of nitrogens with zero attached hydrogens (tertiary/aromatic N) is 3. The number of hydrogen-bond donors (Lipinski definition) is 4. The summed E-state index contributed by atoms with van der Waals surface area (Å²) in [5, 5.41) is 22.2. The zero-order valence-electron chi connectivity index (χ0n) is 16.8. The Kier molecular flexibility index (Phi) is 7.32. The van der Waals surface area contributed by atoms with Crippen LogP contribution in [-0.4, -0.2) is 48.3 Å². The van der Waals surface area contributed by atoms with Crippen LogP contribution in [-0.2, 0) is 4.79 Å². The third kappa shape index (κ3) is 5.43. The summed E-state index contributed by atoms with van der Waals surface area (Å²) in [6, 6.07) is 6.48. The van der Waals surface area contributed by atoms with E-state index < -0.39 is 24.3 Å². The van der Waals surface area contributed by atoms with Crippen molar-refractivity contribution in [3.8, 4) is 0 Å². The lowest BCUT2D eigenvalue weighted by molar-refractivity contribution is -0.112. The molecule has 2 heterocycles. The molecule has 8 nitrogen and oxygen atoms in total. The number of aromatic amines is 1. The summed E-state index contributed by atoms with van der Waals surface area (Å²) in [7, 11) is 0. The van der Waals surface area contributed by atoms with Gasteiger partial charge in [-0.2, -0.15) is 0 Å². The van der Waals surface area contributed by atoms with E-state index in [1.54, 1.807) is 31.2 Å². The van der Waals surface area contributed by atoms with Crippen LogP contribution in [0, 0.1) is 5.92 Å². The maximum absolute atomic E-state index is 14.1. The molecule has 164 valence electrons. The number of carbonyl (C=O) groups excluding carboxylic acids is 1. The molecule has 31 heavy (non-hydrogen) atoms. The van der Waals surface area contributed by atoms with Crippen LogP contribution in [0.25, 0.3) is 11.2 Å². The van der Waals surface area contributed by atoms with Gasteiger partial charge in [-0.05, 0) is 37.5 Å². The summed E-state index contributed by atoms with van der Waals surface area (Å²) in [5.74, 6) is -0.383. The van der Waals surface area contributed by atoms with Gasteiger partial charge in [0, 0.05) is 16.5 Å². The lowest BCUT2D eigenvalue weighted by Crippen LogP contribution is -2.27. The van der Waals surface area contributed by atoms with E-state index in [-0.39, 0.29) is 5.91 Å². The van der Waals surface area contributed by atoms with Crippen LogP contribution in [0.3, 0.4) is 0 Å². The average Bonchev–Trinajstić information content (AvgIpc) is 3.36. The second-order valence-corrected chi connectivity index (χ2v) is 7.75. The van der Waals surface area contributed by atoms with Crippen molar-refractivity contribution in [3.05, 3.63) is 59.7 Å². The molecule has 1 aromatic carbocycles. The largest absolute Gasteiger partial charge is 0.390 e. The molecule has 0 aliphatic heterocycles. The molecule has 4 unspecified atom stereocenters. The molecule has 1 aliphatic carbocycles. The summed E-state index contributed by atoms with van der Waals surface area (Å²) >= 11 is 5.72. The Hall–Kier alpha value is -2.88. The van der Waals surface area contributed by atoms with Gasteiger partial charge < -0.3 is 20.5 Å². The Morgan fingerprint density at radius 1 is 1.26 bits per heavy atom. The highest BCUT2D eigenvalue weighted by atomic mass is 35.5. The van der Waals surface area contributed by atoms with Crippen LogP contribution < -0.4 is 5.32 Å². The molecule has 1 aliphatic rings. The maximum atomic E-state index is 14.1. The van der Waals surface area contributed by atoms with Gasteiger partial charge in [-0.25, -0.2) is 19.3 Å². The van der Waals surface area contributed by atoms with Crippen molar-refractivity contribution < 1.29 is 19.4 Å². The van der Waals surface area contributed by atoms with Gasteiger partial charge in [0.2, 0.25) is 0 Å². The number of amides is 1. The normalized spacial score (nSPS) is 21.3. The number of fused-ring (bicyclic) bond motifs is 1. The number of rotatable bonds is 4. The number of halogens is 2. The highest BCUT2D eigenvalue weighted by Crippen LogP contribution is 2.38. The van der Waals surface area contributed by atoms with Crippen LogP contribution >= 0.6 is 11.6 Å². The SMILES string of the molecule is C=C(C)C(=O)Nc1ncnc2nc[nH]c12.OC1CCC(C(F)c2ccc(Cl)cc2)C1O. The first-order valence-corrected chi connectivity index (χ1v) is 10.0. The third-order valence-electron chi connectivity index (χ3n) is 5.04. The molecule has 0 bridgehead atoms. The molecule has 10 heteroatoms. The summed E-state index contributed by atoms with van der Waals surface area (Å²) in [5.41, 5.74) is 2.04. The summed E-state index contributed by atoms with van der Waals surface area (Å²) in [6.07, 6.45) is 0.796. The number of nitrogens with one attached hydrogen (secondary N) is 2. The Labute approximate surface area is 183 Å². The second kappa shape index (κ2) is 9.95. The highest BCUT2D eigenvalue weighted by molar-refractivity contribution is 6.30. The van der Waals surface area contributed by atoms with Crippen molar-refractivity contribution >= 4 is 34.5 Å². The van der Waals surface area contributed by atoms with E-state index in [1.807, 2.05) is 0 Å². The number of aromatic nitrogens is 4. The number of aliphatic hydroxyl groups is 2. The molecule has 4 atom stereocenters. The first-order chi connectivity index (χ1) is 14.8. The standard InChI is InChI=1S/C12H14ClFO2.C9H9N5O/c13-8-3-1-7(2-4-8)11(14)9-5-6-10(15)12(9)16;1-5(2)9(15)14-8-6-7(11-3-10-6)12-4-13-8/h1-4,9-12,15-16H,5-6H2;3-4H,1H2,2H3,(H2,10,11,12,13,14,15). The van der Waals surface area contributed by atoms with Crippen molar-refractivity contribution in [1.29, 1.82) is 0 Å². The minimum atomic E-state index is -1.25. The fourth-order valence-electron chi connectivity index (χ4n) is 3.28. The summed E-state index contributed by atoms with van der Waals surface area (Å²) in [4.78, 5) is 26.0. The number of benzene rings is 1. The zero-order valence-corrected chi connectivity index (χ0v) is 17.6. The van der Waals surface area contributed by atoms with E-state index >= 15 is 0 Å². The van der Waals surface area contributed by atoms with Gasteiger partial charge in [0.1, 0.15) is 18.0 Å². The molecule has 1 fully saturated rings. The fourth-order valence-corrected chi connectivity index (χ4v) is 3.40. The van der Waals surface area contributed by atoms with E-state index in [9.17, 15) is 19.4 Å². The van der Waals surface area contributed by atoms with Crippen LogP contribution in [0.15, 0.2) is 49.1 Å². The molecular weight excluding hydrogens is 425 g/mol. The van der Waals surface area contributed by atoms with Crippen molar-refractivity contribution in [1.82, 2.24) is 19.9 Å². The number of anilines is 1. The van der Waals surface area contributed by atoms with Gasteiger partial charge in [-0.3, -0.25) is 4.79 Å². The molecule has 0 spiro atoms. The number of H-pyrrole nitrogens is 1. The zero-order chi connectivity index (χ0) is 22.5. The minimum absolute atomic E-state index is 0.274. The summed E-state index contributed by atoms with van der Waals surface area (Å²) in [6.45, 7) is 5.16. The summed E-state index contributed by atoms with van der Waals surface area (Å²) < 4.78 is 14.1. The number of hydrogen-bond acceptors (Lipinski definition) is 6. The molecule has 4 N–H and O–H groups in total. The van der Waals surface area contributed by atoms with Gasteiger partial charge in [-0.1, -0.05) is 30.3 Å². The number of imidazole rings is 1. The van der Waals surface area contributed by atoms with Gasteiger partial charge in [0.25, 0.3) is 5.91 Å². The van der Waals surface area contributed by atoms with Crippen molar-refractivity contribution in [2.24, 2.45) is 5.92 Å². The molecule has 1 amide bonds. The van der Waals surface area contributed by atoms with Crippen LogP contribution in [0.4, 0.5) is 10.2 Å². The van der Waals surface area contributed by atoms with E-state index in [2.05, 4.69) is 31.8 Å². The van der Waals surface area contributed by atoms with E-state index in [4.69, 9.17) is 11.6 Å². The average molecular weight is 448 g/mol. The van der Waals surface area contributed by atoms with Crippen molar-refractivity contribution in [2.45, 2.75) is 38.1 Å². The predicted molar refractivity (Wildman–Crippen MR) is 115 cm³/mol. The van der Waals surface area contributed by atoms with Gasteiger partial charge in [0.05, 0.1) is 18.5 Å². The molecule has 0 saturated heterocycles. The fraction of sp³-hybridized carbons (Fsp3) is 0.333. The second-order valence-electron chi connectivity index (χ2n) is 7.31. The van der Waals surface area contributed by atoms with Gasteiger partial charge >= 0.3 is 0 Å². The molecule has 0 radical (unpaired) electrons. The lowest BCUT2D eigenvalue weighted by atomic mass is 9.94. The van der Waals surface area contributed by atoms with Crippen LogP contribution in [0.5, 0.6) is 0 Å². The number of carbonyl (C=O) groups is 1. The van der Waals surface area contributed by atoms with Gasteiger partial charge in [0.15, 0.2) is 11.5 Å². The quantitative estimate of drug-likeness (QED) is 0.455. The molecule has 3 aromatic rings. The lowest BCUT2D eigenvalue weighted by Gasteiger charge is -2.20. The highest BCUT2D eigenvalue weighted by Gasteiger charge is 2.39. The van der Waals surface area contributed by atoms with Crippen LogP contribution in [0.1, 0.15) is 31.5 Å². The topological polar surface area (TPSA) is 124 Å². The Bertz CT molecular complexity index is 1060. The molecule has 1 saturated carbocycles. The first kappa shape index (κ1) is 22.8. The minimum Gasteiger partial charge on any atom is -0.390 e. The molecule has 2 aromatic heterocycles. The molecular formula is C21H23ClFN5O3. The number of alkyl halides is 1. The third-order valence-corrected chi connectivity index (χ3v) is 5.29. The van der Waals surface area contributed by atoms with E-state index in [0.29, 0.717) is 46.0 Å². The first-order valence-electron chi connectivity index (χ1n) is 9.64. The van der Waals surface area contributed by atoms with E-state index in [0.717, 1.165) is 0 Å². The van der Waals surface area contributed by atoms with Crippen LogP contribution in [0.2, 0.25) is 5.02 Å². The number of aliphatic hydroxyl groups excluding tert-OH is 2. The van der Waals surface area contributed by atoms with E-state index in [1.165, 1.54) is 12.7 Å². The van der Waals surface area contributed by atoms with Crippen molar-refractivity contribution in [3.63, 3.8) is 0 Å². The Morgan fingerprint density at radius 2 is 1.97 bits per heavy atom. The maximum Gasteiger partial charge on any atom is 0.251 e. The van der Waals surface area contributed by atoms with Gasteiger partial charge in [-0.15, -0.1) is 0 Å². The predicted octanol–water partition coefficient (Wildman–Crippen LogP) is 3.35. The monoisotopic (exact) mass is 447 g/mol. The van der Waals surface area contributed by atoms with Crippen molar-refractivity contribution in [2.75, 3.05) is 5.32 Å².